The molecule has 36 heavy (non-hydrogen) atoms. The summed E-state index contributed by atoms with van der Waals surface area (Å²) in [5.41, 5.74) is 4.96. The topological polar surface area (TPSA) is 100 Å². The maximum absolute atomic E-state index is 12.7. The van der Waals surface area contributed by atoms with E-state index in [9.17, 15) is 14.9 Å². The number of carbonyl (C=O) groups is 2. The molecule has 0 bridgehead atoms. The highest BCUT2D eigenvalue weighted by Crippen LogP contribution is 2.29. The maximum atomic E-state index is 12.7. The molecule has 0 atom stereocenters. The van der Waals surface area contributed by atoms with Gasteiger partial charge in [0.15, 0.2) is 18.1 Å². The Balaban J connectivity index is 1.71. The number of nitriles is 1. The van der Waals surface area contributed by atoms with Crippen LogP contribution in [-0.2, 0) is 9.59 Å². The predicted octanol–water partition coefficient (Wildman–Crippen LogP) is 5.57. The van der Waals surface area contributed by atoms with Crippen LogP contribution < -0.4 is 20.1 Å². The summed E-state index contributed by atoms with van der Waals surface area (Å²) in [5.74, 6) is -0.0246. The van der Waals surface area contributed by atoms with E-state index in [4.69, 9.17) is 9.47 Å². The number of anilines is 2. The Labute approximate surface area is 211 Å². The highest BCUT2D eigenvalue weighted by molar-refractivity contribution is 6.10. The van der Waals surface area contributed by atoms with Crippen molar-refractivity contribution in [2.75, 3.05) is 23.8 Å². The first-order chi connectivity index (χ1) is 17.3. The summed E-state index contributed by atoms with van der Waals surface area (Å²) in [4.78, 5) is 25.0. The zero-order chi connectivity index (χ0) is 26.1. The zero-order valence-corrected chi connectivity index (χ0v) is 20.8. The van der Waals surface area contributed by atoms with Gasteiger partial charge in [0.25, 0.3) is 11.8 Å². The maximum Gasteiger partial charge on any atom is 0.266 e. The van der Waals surface area contributed by atoms with Crippen LogP contribution >= 0.6 is 0 Å². The lowest BCUT2D eigenvalue weighted by molar-refractivity contribution is -0.118. The largest absolute Gasteiger partial charge is 0.490 e. The highest BCUT2D eigenvalue weighted by Gasteiger charge is 2.13. The van der Waals surface area contributed by atoms with Crippen LogP contribution in [0.4, 0.5) is 11.4 Å². The summed E-state index contributed by atoms with van der Waals surface area (Å²) in [6, 6.07) is 20.1. The van der Waals surface area contributed by atoms with Crippen molar-refractivity contribution in [1.82, 2.24) is 0 Å². The van der Waals surface area contributed by atoms with Crippen molar-refractivity contribution in [3.05, 3.63) is 88.5 Å². The van der Waals surface area contributed by atoms with E-state index in [0.717, 1.165) is 16.7 Å². The van der Waals surface area contributed by atoms with Crippen molar-refractivity contribution in [3.63, 3.8) is 0 Å². The van der Waals surface area contributed by atoms with E-state index in [-0.39, 0.29) is 18.1 Å². The van der Waals surface area contributed by atoms with E-state index < -0.39 is 5.91 Å². The second-order valence-electron chi connectivity index (χ2n) is 8.28. The van der Waals surface area contributed by atoms with Crippen molar-refractivity contribution >= 4 is 29.3 Å². The standard InChI is InChI=1S/C29H29N3O4/c1-5-35-27-16-22(15-23(17-30)29(34)32-25-12-8-20(3)14-21(25)4)9-13-26(27)36-18-28(33)31-24-10-6-19(2)7-11-24/h6-16H,5,18H2,1-4H3,(H,31,33)(H,32,34)/b23-15-. The lowest BCUT2D eigenvalue weighted by Crippen LogP contribution is -2.20. The molecule has 0 fully saturated rings. The third-order valence-corrected chi connectivity index (χ3v) is 5.27. The minimum absolute atomic E-state index is 0.0523. The third-order valence-electron chi connectivity index (χ3n) is 5.27. The number of hydrogen-bond acceptors (Lipinski definition) is 5. The highest BCUT2D eigenvalue weighted by atomic mass is 16.5. The Morgan fingerprint density at radius 3 is 2.28 bits per heavy atom. The van der Waals surface area contributed by atoms with Gasteiger partial charge in [0.05, 0.1) is 6.61 Å². The predicted molar refractivity (Wildman–Crippen MR) is 141 cm³/mol. The van der Waals surface area contributed by atoms with E-state index in [1.165, 1.54) is 6.08 Å². The monoisotopic (exact) mass is 483 g/mol. The molecular weight excluding hydrogens is 454 g/mol. The van der Waals surface area contributed by atoms with Crippen LogP contribution in [-0.4, -0.2) is 25.0 Å². The molecule has 0 aliphatic rings. The average Bonchev–Trinajstić information content (AvgIpc) is 2.85. The van der Waals surface area contributed by atoms with Crippen molar-refractivity contribution < 1.29 is 19.1 Å². The Hall–Kier alpha value is -4.57. The molecular formula is C29H29N3O4. The summed E-state index contributed by atoms with van der Waals surface area (Å²) in [7, 11) is 0. The van der Waals surface area contributed by atoms with E-state index >= 15 is 0 Å². The Bertz CT molecular complexity index is 1320. The van der Waals surface area contributed by atoms with E-state index in [1.54, 1.807) is 18.2 Å². The summed E-state index contributed by atoms with van der Waals surface area (Å²) in [6.45, 7) is 7.84. The van der Waals surface area contributed by atoms with Gasteiger partial charge in [-0.05, 0) is 75.2 Å². The van der Waals surface area contributed by atoms with Gasteiger partial charge in [-0.25, -0.2) is 0 Å². The molecule has 0 aliphatic heterocycles. The third kappa shape index (κ3) is 7.21. The number of nitrogens with zero attached hydrogens (tertiary/aromatic N) is 1. The number of carbonyl (C=O) groups excluding carboxylic acids is 2. The smallest absolute Gasteiger partial charge is 0.266 e. The van der Waals surface area contributed by atoms with Crippen molar-refractivity contribution in [2.24, 2.45) is 0 Å². The lowest BCUT2D eigenvalue weighted by Gasteiger charge is -2.13. The molecule has 0 aliphatic carbocycles. The van der Waals surface area contributed by atoms with Crippen molar-refractivity contribution in [2.45, 2.75) is 27.7 Å². The number of benzene rings is 3. The summed E-state index contributed by atoms with van der Waals surface area (Å²) < 4.78 is 11.4. The average molecular weight is 484 g/mol. The van der Waals surface area contributed by atoms with Gasteiger partial charge in [0, 0.05) is 11.4 Å². The quantitative estimate of drug-likeness (QED) is 0.306. The fraction of sp³-hybridized carbons (Fsp3) is 0.207. The van der Waals surface area contributed by atoms with Crippen LogP contribution in [0.1, 0.15) is 29.2 Å². The van der Waals surface area contributed by atoms with Gasteiger partial charge in [-0.2, -0.15) is 5.26 Å². The molecule has 0 unspecified atom stereocenters. The number of ether oxygens (including phenoxy) is 2. The normalized spacial score (nSPS) is 10.8. The SMILES string of the molecule is CCOc1cc(/C=C(/C#N)C(=O)Nc2ccc(C)cc2C)ccc1OCC(=O)Nc1ccc(C)cc1. The van der Waals surface area contributed by atoms with E-state index in [0.29, 0.717) is 35.0 Å². The van der Waals surface area contributed by atoms with Crippen LogP contribution in [0.2, 0.25) is 0 Å². The van der Waals surface area contributed by atoms with Crippen LogP contribution in [0.3, 0.4) is 0 Å². The van der Waals surface area contributed by atoms with Gasteiger partial charge >= 0.3 is 0 Å². The number of amides is 2. The molecule has 3 aromatic carbocycles. The number of aryl methyl sites for hydroxylation is 3. The van der Waals surface area contributed by atoms with Gasteiger partial charge in [-0.3, -0.25) is 9.59 Å². The first-order valence-electron chi connectivity index (χ1n) is 11.6. The molecule has 3 rings (SSSR count). The van der Waals surface area contributed by atoms with Gasteiger partial charge in [0.1, 0.15) is 11.6 Å². The van der Waals surface area contributed by atoms with Gasteiger partial charge in [-0.1, -0.05) is 41.5 Å². The number of rotatable bonds is 9. The van der Waals surface area contributed by atoms with Crippen LogP contribution in [0, 0.1) is 32.1 Å². The molecule has 7 nitrogen and oxygen atoms in total. The molecule has 2 amide bonds. The first kappa shape index (κ1) is 26.0. The lowest BCUT2D eigenvalue weighted by atomic mass is 10.1. The number of nitrogens with one attached hydrogen (secondary N) is 2. The second kappa shape index (κ2) is 12.2. The minimum atomic E-state index is -0.504. The number of hydrogen-bond donors (Lipinski definition) is 2. The Kier molecular flexibility index (Phi) is 8.84. The molecule has 0 spiro atoms. The molecule has 184 valence electrons. The van der Waals surface area contributed by atoms with Gasteiger partial charge in [-0.15, -0.1) is 0 Å². The molecule has 3 aromatic rings. The van der Waals surface area contributed by atoms with E-state index in [1.807, 2.05) is 76.2 Å². The summed E-state index contributed by atoms with van der Waals surface area (Å²) in [5, 5.41) is 15.1. The molecule has 0 saturated heterocycles. The molecule has 7 heteroatoms. The van der Waals surface area contributed by atoms with Crippen LogP contribution in [0.25, 0.3) is 6.08 Å². The first-order valence-corrected chi connectivity index (χ1v) is 11.6. The molecule has 0 radical (unpaired) electrons. The molecule has 0 saturated carbocycles. The van der Waals surface area contributed by atoms with Crippen molar-refractivity contribution in [3.8, 4) is 17.6 Å². The molecule has 0 aromatic heterocycles. The molecule has 2 N–H and O–H groups in total. The summed E-state index contributed by atoms with van der Waals surface area (Å²) in [6.07, 6.45) is 1.48. The van der Waals surface area contributed by atoms with Crippen LogP contribution in [0.5, 0.6) is 11.5 Å². The Morgan fingerprint density at radius 1 is 0.889 bits per heavy atom. The van der Waals surface area contributed by atoms with E-state index in [2.05, 4.69) is 10.6 Å². The van der Waals surface area contributed by atoms with Gasteiger partial charge < -0.3 is 20.1 Å². The molecule has 0 heterocycles. The van der Waals surface area contributed by atoms with Gasteiger partial charge in [0.2, 0.25) is 0 Å². The zero-order valence-electron chi connectivity index (χ0n) is 20.8. The van der Waals surface area contributed by atoms with Crippen LogP contribution in [0.15, 0.2) is 66.2 Å². The van der Waals surface area contributed by atoms with Crippen molar-refractivity contribution in [1.29, 1.82) is 5.26 Å². The fourth-order valence-electron chi connectivity index (χ4n) is 3.44. The Morgan fingerprint density at radius 2 is 1.61 bits per heavy atom. The minimum Gasteiger partial charge on any atom is -0.490 e. The summed E-state index contributed by atoms with van der Waals surface area (Å²) >= 11 is 0. The second-order valence-corrected chi connectivity index (χ2v) is 8.28. The fourth-order valence-corrected chi connectivity index (χ4v) is 3.44.